The van der Waals surface area contributed by atoms with E-state index < -0.39 is 0 Å². The molecule has 0 radical (unpaired) electrons. The van der Waals surface area contributed by atoms with Gasteiger partial charge in [-0.25, -0.2) is 0 Å². The number of hydrogen-bond donors (Lipinski definition) is 1. The Morgan fingerprint density at radius 3 is 2.64 bits per heavy atom. The molecule has 1 fully saturated rings. The van der Waals surface area contributed by atoms with E-state index in [1.54, 1.807) is 7.11 Å². The molecule has 1 saturated carbocycles. The lowest BCUT2D eigenvalue weighted by Crippen LogP contribution is -2.25. The van der Waals surface area contributed by atoms with E-state index in [1.807, 2.05) is 0 Å². The molecule has 0 spiro atoms. The lowest BCUT2D eigenvalue weighted by atomic mass is 9.89. The van der Waals surface area contributed by atoms with Crippen molar-refractivity contribution in [2.45, 2.75) is 32.1 Å². The van der Waals surface area contributed by atoms with Gasteiger partial charge in [-0.2, -0.15) is 0 Å². The number of methoxy groups -OCH3 is 1. The van der Waals surface area contributed by atoms with Crippen LogP contribution in [-0.2, 0) is 4.74 Å². The first-order valence-corrected chi connectivity index (χ1v) is 4.63. The fourth-order valence-electron chi connectivity index (χ4n) is 1.76. The molecular formula is C9H19NO. The predicted octanol–water partition coefficient (Wildman–Crippen LogP) is 1.76. The second-order valence-corrected chi connectivity index (χ2v) is 3.39. The molecule has 2 nitrogen and oxygen atoms in total. The van der Waals surface area contributed by atoms with Crippen LogP contribution in [0.25, 0.3) is 0 Å². The third kappa shape index (κ3) is 3.73. The van der Waals surface area contributed by atoms with Crippen molar-refractivity contribution < 1.29 is 4.74 Å². The van der Waals surface area contributed by atoms with Crippen molar-refractivity contribution in [2.24, 2.45) is 5.92 Å². The van der Waals surface area contributed by atoms with Crippen molar-refractivity contribution in [1.82, 2.24) is 5.32 Å². The van der Waals surface area contributed by atoms with Crippen LogP contribution in [0, 0.1) is 5.92 Å². The highest BCUT2D eigenvalue weighted by Gasteiger charge is 2.11. The van der Waals surface area contributed by atoms with E-state index >= 15 is 0 Å². The zero-order valence-corrected chi connectivity index (χ0v) is 7.44. The third-order valence-electron chi connectivity index (χ3n) is 2.40. The molecule has 0 saturated heterocycles. The lowest BCUT2D eigenvalue weighted by molar-refractivity contribution is 0.166. The normalized spacial score (nSPS) is 20.5. The minimum absolute atomic E-state index is 0.705. The Morgan fingerprint density at radius 1 is 1.27 bits per heavy atom. The van der Waals surface area contributed by atoms with Gasteiger partial charge in [0.05, 0.1) is 6.73 Å². The summed E-state index contributed by atoms with van der Waals surface area (Å²) in [6.07, 6.45) is 7.13. The molecule has 0 heterocycles. The molecule has 2 heteroatoms. The van der Waals surface area contributed by atoms with Gasteiger partial charge >= 0.3 is 0 Å². The summed E-state index contributed by atoms with van der Waals surface area (Å²) in [5, 5.41) is 3.28. The molecule has 1 rings (SSSR count). The van der Waals surface area contributed by atoms with Crippen molar-refractivity contribution in [3.05, 3.63) is 0 Å². The zero-order chi connectivity index (χ0) is 7.94. The minimum atomic E-state index is 0.705. The van der Waals surface area contributed by atoms with Gasteiger partial charge in [-0.1, -0.05) is 19.3 Å². The Morgan fingerprint density at radius 2 is 2.00 bits per heavy atom. The average Bonchev–Trinajstić information content (AvgIpc) is 2.07. The maximum absolute atomic E-state index is 4.92. The zero-order valence-electron chi connectivity index (χ0n) is 7.44. The van der Waals surface area contributed by atoms with Gasteiger partial charge in [0.1, 0.15) is 0 Å². The maximum Gasteiger partial charge on any atom is 0.0961 e. The fourth-order valence-corrected chi connectivity index (χ4v) is 1.76. The number of hydrogen-bond acceptors (Lipinski definition) is 2. The first kappa shape index (κ1) is 9.01. The van der Waals surface area contributed by atoms with Crippen LogP contribution in [0.5, 0.6) is 0 Å². The summed E-state index contributed by atoms with van der Waals surface area (Å²) in [6.45, 7) is 1.85. The average molecular weight is 157 g/mol. The van der Waals surface area contributed by atoms with Gasteiger partial charge in [-0.15, -0.1) is 0 Å². The quantitative estimate of drug-likeness (QED) is 0.496. The van der Waals surface area contributed by atoms with Crippen molar-refractivity contribution in [3.8, 4) is 0 Å². The molecule has 11 heavy (non-hydrogen) atoms. The Labute approximate surface area is 69.3 Å². The molecule has 1 aliphatic rings. The van der Waals surface area contributed by atoms with E-state index in [4.69, 9.17) is 4.74 Å². The van der Waals surface area contributed by atoms with Crippen molar-refractivity contribution in [3.63, 3.8) is 0 Å². The minimum Gasteiger partial charge on any atom is -0.370 e. The van der Waals surface area contributed by atoms with Crippen molar-refractivity contribution in [2.75, 3.05) is 20.4 Å². The monoisotopic (exact) mass is 157 g/mol. The molecule has 0 aliphatic heterocycles. The maximum atomic E-state index is 4.92. The molecule has 0 amide bonds. The van der Waals surface area contributed by atoms with Crippen molar-refractivity contribution >= 4 is 0 Å². The molecule has 0 atom stereocenters. The van der Waals surface area contributed by atoms with E-state index in [2.05, 4.69) is 5.32 Å². The number of rotatable bonds is 4. The van der Waals surface area contributed by atoms with Crippen LogP contribution in [0.2, 0.25) is 0 Å². The van der Waals surface area contributed by atoms with Crippen LogP contribution in [0.4, 0.5) is 0 Å². The fraction of sp³-hybridized carbons (Fsp3) is 1.00. The van der Waals surface area contributed by atoms with Crippen molar-refractivity contribution in [1.29, 1.82) is 0 Å². The molecule has 1 N–H and O–H groups in total. The van der Waals surface area contributed by atoms with Gasteiger partial charge in [0, 0.05) is 13.7 Å². The third-order valence-corrected chi connectivity index (χ3v) is 2.40. The van der Waals surface area contributed by atoms with Crippen LogP contribution >= 0.6 is 0 Å². The van der Waals surface area contributed by atoms with Gasteiger partial charge in [-0.3, -0.25) is 5.32 Å². The Bertz CT molecular complexity index is 89.6. The van der Waals surface area contributed by atoms with Gasteiger partial charge in [0.15, 0.2) is 0 Å². The predicted molar refractivity (Wildman–Crippen MR) is 46.5 cm³/mol. The van der Waals surface area contributed by atoms with E-state index in [1.165, 1.54) is 32.1 Å². The highest BCUT2D eigenvalue weighted by atomic mass is 16.5. The van der Waals surface area contributed by atoms with Gasteiger partial charge in [0.2, 0.25) is 0 Å². The van der Waals surface area contributed by atoms with Crippen LogP contribution in [0.15, 0.2) is 0 Å². The topological polar surface area (TPSA) is 21.3 Å². The highest BCUT2D eigenvalue weighted by molar-refractivity contribution is 4.66. The molecule has 1 aliphatic carbocycles. The SMILES string of the molecule is COCNCC1CCCCC1. The Hall–Kier alpha value is -0.0800. The largest absolute Gasteiger partial charge is 0.370 e. The van der Waals surface area contributed by atoms with E-state index in [0.717, 1.165) is 12.5 Å². The first-order chi connectivity index (χ1) is 5.43. The summed E-state index contributed by atoms with van der Waals surface area (Å²) in [7, 11) is 1.73. The Balaban J connectivity index is 1.96. The molecule has 0 unspecified atom stereocenters. The molecule has 0 aromatic rings. The first-order valence-electron chi connectivity index (χ1n) is 4.63. The summed E-state index contributed by atoms with van der Waals surface area (Å²) >= 11 is 0. The molecule has 0 aromatic heterocycles. The molecule has 0 aromatic carbocycles. The summed E-state index contributed by atoms with van der Waals surface area (Å²) < 4.78 is 4.92. The second kappa shape index (κ2) is 5.56. The summed E-state index contributed by atoms with van der Waals surface area (Å²) in [6, 6.07) is 0. The van der Waals surface area contributed by atoms with E-state index in [9.17, 15) is 0 Å². The highest BCUT2D eigenvalue weighted by Crippen LogP contribution is 2.22. The van der Waals surface area contributed by atoms with Gasteiger partial charge in [0.25, 0.3) is 0 Å². The molecular weight excluding hydrogens is 138 g/mol. The van der Waals surface area contributed by atoms with E-state index in [-0.39, 0.29) is 0 Å². The molecule has 66 valence electrons. The lowest BCUT2D eigenvalue weighted by Gasteiger charge is -2.21. The van der Waals surface area contributed by atoms with Crippen LogP contribution in [-0.4, -0.2) is 20.4 Å². The van der Waals surface area contributed by atoms with Gasteiger partial charge < -0.3 is 4.74 Å². The Kier molecular flexibility index (Phi) is 4.55. The van der Waals surface area contributed by atoms with Gasteiger partial charge in [-0.05, 0) is 18.8 Å². The number of nitrogens with one attached hydrogen (secondary N) is 1. The summed E-state index contributed by atoms with van der Waals surface area (Å²) in [5.41, 5.74) is 0. The smallest absolute Gasteiger partial charge is 0.0961 e. The standard InChI is InChI=1S/C9H19NO/c1-11-8-10-7-9-5-3-2-4-6-9/h9-10H,2-8H2,1H3. The van der Waals surface area contributed by atoms with Crippen LogP contribution in [0.3, 0.4) is 0 Å². The van der Waals surface area contributed by atoms with E-state index in [0.29, 0.717) is 6.73 Å². The molecule has 0 bridgehead atoms. The van der Waals surface area contributed by atoms with Crippen LogP contribution in [0.1, 0.15) is 32.1 Å². The summed E-state index contributed by atoms with van der Waals surface area (Å²) in [5.74, 6) is 0.916. The summed E-state index contributed by atoms with van der Waals surface area (Å²) in [4.78, 5) is 0. The number of ether oxygens (including phenoxy) is 1. The second-order valence-electron chi connectivity index (χ2n) is 3.39. The van der Waals surface area contributed by atoms with Crippen LogP contribution < -0.4 is 5.32 Å².